The molecule has 1 N–H and O–H groups in total. The fourth-order valence-corrected chi connectivity index (χ4v) is 3.65. The van der Waals surface area contributed by atoms with E-state index in [-0.39, 0.29) is 16.6 Å². The van der Waals surface area contributed by atoms with Crippen molar-refractivity contribution in [3.63, 3.8) is 0 Å². The van der Waals surface area contributed by atoms with Gasteiger partial charge in [-0.1, -0.05) is 11.6 Å². The Labute approximate surface area is 120 Å². The van der Waals surface area contributed by atoms with Crippen molar-refractivity contribution in [1.82, 2.24) is 9.78 Å². The zero-order valence-electron chi connectivity index (χ0n) is 10.5. The molecule has 1 aliphatic rings. The lowest BCUT2D eigenvalue weighted by molar-refractivity contribution is 0.607. The zero-order chi connectivity index (χ0) is 13.4. The van der Waals surface area contributed by atoms with Gasteiger partial charge in [-0.3, -0.25) is 4.79 Å². The number of rotatable bonds is 2. The molecule has 0 spiro atoms. The number of anilines is 1. The number of nitrogens with one attached hydrogen (secondary N) is 1. The molecule has 0 saturated heterocycles. The van der Waals surface area contributed by atoms with E-state index in [1.54, 1.807) is 24.6 Å². The van der Waals surface area contributed by atoms with Gasteiger partial charge in [0.1, 0.15) is 5.02 Å². The summed E-state index contributed by atoms with van der Waals surface area (Å²) in [6.45, 7) is 0. The topological polar surface area (TPSA) is 46.9 Å². The van der Waals surface area contributed by atoms with E-state index in [1.807, 2.05) is 0 Å². The molecule has 0 radical (unpaired) electrons. The Bertz CT molecular complexity index is 664. The standard InChI is InChI=1S/C13H14ClN3OS/c1-17-13(18)12(14)10(7-15-17)16-9-3-2-4-11-8(9)5-6-19-11/h5-7,9,16H,2-4H2,1H3. The predicted molar refractivity (Wildman–Crippen MR) is 78.1 cm³/mol. The summed E-state index contributed by atoms with van der Waals surface area (Å²) in [7, 11) is 1.59. The molecule has 1 unspecified atom stereocenters. The van der Waals surface area contributed by atoms with Crippen molar-refractivity contribution in [3.8, 4) is 0 Å². The lowest BCUT2D eigenvalue weighted by Crippen LogP contribution is -2.23. The maximum Gasteiger partial charge on any atom is 0.287 e. The second kappa shape index (κ2) is 4.98. The van der Waals surface area contributed by atoms with Crippen molar-refractivity contribution in [2.24, 2.45) is 7.05 Å². The zero-order valence-corrected chi connectivity index (χ0v) is 12.1. The van der Waals surface area contributed by atoms with Gasteiger partial charge in [0.15, 0.2) is 0 Å². The van der Waals surface area contributed by atoms with Crippen LogP contribution in [0.15, 0.2) is 22.4 Å². The summed E-state index contributed by atoms with van der Waals surface area (Å²) in [6.07, 6.45) is 4.97. The minimum Gasteiger partial charge on any atom is -0.376 e. The van der Waals surface area contributed by atoms with E-state index in [0.29, 0.717) is 5.69 Å². The molecule has 0 saturated carbocycles. The van der Waals surface area contributed by atoms with Gasteiger partial charge in [-0.15, -0.1) is 11.3 Å². The molecule has 6 heteroatoms. The molecular weight excluding hydrogens is 282 g/mol. The molecule has 100 valence electrons. The molecule has 1 aliphatic carbocycles. The van der Waals surface area contributed by atoms with Crippen LogP contribution in [-0.4, -0.2) is 9.78 Å². The van der Waals surface area contributed by atoms with Crippen molar-refractivity contribution in [2.75, 3.05) is 5.32 Å². The molecule has 0 fully saturated rings. The molecule has 2 heterocycles. The van der Waals surface area contributed by atoms with Gasteiger partial charge in [0.25, 0.3) is 5.56 Å². The van der Waals surface area contributed by atoms with Crippen LogP contribution in [0.4, 0.5) is 5.69 Å². The van der Waals surface area contributed by atoms with Crippen LogP contribution >= 0.6 is 22.9 Å². The van der Waals surface area contributed by atoms with Crippen LogP contribution in [0.5, 0.6) is 0 Å². The first-order chi connectivity index (χ1) is 9.16. The third kappa shape index (κ3) is 2.28. The van der Waals surface area contributed by atoms with Crippen molar-refractivity contribution < 1.29 is 0 Å². The van der Waals surface area contributed by atoms with Crippen LogP contribution in [-0.2, 0) is 13.5 Å². The van der Waals surface area contributed by atoms with E-state index in [1.165, 1.54) is 15.1 Å². The first-order valence-electron chi connectivity index (χ1n) is 6.21. The van der Waals surface area contributed by atoms with Crippen LogP contribution in [0.3, 0.4) is 0 Å². The van der Waals surface area contributed by atoms with E-state index in [0.717, 1.165) is 19.3 Å². The fourth-order valence-electron chi connectivity index (χ4n) is 2.44. The number of halogens is 1. The highest BCUT2D eigenvalue weighted by Crippen LogP contribution is 2.36. The summed E-state index contributed by atoms with van der Waals surface area (Å²) in [5, 5.41) is 9.69. The van der Waals surface area contributed by atoms with E-state index >= 15 is 0 Å². The molecule has 1 atom stereocenters. The minimum atomic E-state index is -0.270. The number of fused-ring (bicyclic) bond motifs is 1. The van der Waals surface area contributed by atoms with Gasteiger partial charge in [-0.25, -0.2) is 4.68 Å². The SMILES string of the molecule is Cn1ncc(NC2CCCc3sccc32)c(Cl)c1=O. The number of nitrogens with zero attached hydrogens (tertiary/aromatic N) is 2. The summed E-state index contributed by atoms with van der Waals surface area (Å²) >= 11 is 7.88. The van der Waals surface area contributed by atoms with Crippen LogP contribution in [0.2, 0.25) is 5.02 Å². The van der Waals surface area contributed by atoms with Crippen molar-refractivity contribution >= 4 is 28.6 Å². The maximum absolute atomic E-state index is 11.8. The van der Waals surface area contributed by atoms with Crippen LogP contribution in [0.1, 0.15) is 29.3 Å². The summed E-state index contributed by atoms with van der Waals surface area (Å²) < 4.78 is 1.24. The van der Waals surface area contributed by atoms with Crippen molar-refractivity contribution in [3.05, 3.63) is 43.5 Å². The minimum absolute atomic E-state index is 0.208. The van der Waals surface area contributed by atoms with Gasteiger partial charge in [0, 0.05) is 11.9 Å². The molecular formula is C13H14ClN3OS. The van der Waals surface area contributed by atoms with E-state index in [2.05, 4.69) is 21.9 Å². The van der Waals surface area contributed by atoms with Gasteiger partial charge in [-0.2, -0.15) is 5.10 Å². The summed E-state index contributed by atoms with van der Waals surface area (Å²) in [4.78, 5) is 13.2. The van der Waals surface area contributed by atoms with Crippen molar-refractivity contribution in [2.45, 2.75) is 25.3 Å². The van der Waals surface area contributed by atoms with Gasteiger partial charge >= 0.3 is 0 Å². The normalized spacial score (nSPS) is 18.1. The summed E-state index contributed by atoms with van der Waals surface area (Å²) in [5.74, 6) is 0. The second-order valence-corrected chi connectivity index (χ2v) is 6.07. The number of hydrogen-bond donors (Lipinski definition) is 1. The average molecular weight is 296 g/mol. The monoisotopic (exact) mass is 295 g/mol. The highest BCUT2D eigenvalue weighted by atomic mass is 35.5. The third-order valence-electron chi connectivity index (χ3n) is 3.46. The molecule has 4 nitrogen and oxygen atoms in total. The quantitative estimate of drug-likeness (QED) is 0.926. The van der Waals surface area contributed by atoms with Gasteiger partial charge < -0.3 is 5.32 Å². The van der Waals surface area contributed by atoms with Crippen LogP contribution in [0.25, 0.3) is 0 Å². The highest BCUT2D eigenvalue weighted by Gasteiger charge is 2.22. The van der Waals surface area contributed by atoms with E-state index < -0.39 is 0 Å². The van der Waals surface area contributed by atoms with E-state index in [4.69, 9.17) is 11.6 Å². The molecule has 0 bridgehead atoms. The molecule has 2 aromatic rings. The maximum atomic E-state index is 11.8. The molecule has 3 rings (SSSR count). The third-order valence-corrected chi connectivity index (χ3v) is 4.82. The lowest BCUT2D eigenvalue weighted by atomic mass is 9.94. The Morgan fingerprint density at radius 1 is 1.58 bits per heavy atom. The Morgan fingerprint density at radius 2 is 2.42 bits per heavy atom. The Morgan fingerprint density at radius 3 is 3.26 bits per heavy atom. The first kappa shape index (κ1) is 12.7. The summed E-state index contributed by atoms with van der Waals surface area (Å²) in [6, 6.07) is 2.38. The first-order valence-corrected chi connectivity index (χ1v) is 7.47. The Hall–Kier alpha value is -1.33. The van der Waals surface area contributed by atoms with Crippen LogP contribution < -0.4 is 10.9 Å². The Kier molecular flexibility index (Phi) is 3.33. The fraction of sp³-hybridized carbons (Fsp3) is 0.385. The Balaban J connectivity index is 1.92. The molecule has 0 aromatic carbocycles. The largest absolute Gasteiger partial charge is 0.376 e. The smallest absolute Gasteiger partial charge is 0.287 e. The number of aromatic nitrogens is 2. The van der Waals surface area contributed by atoms with Crippen molar-refractivity contribution in [1.29, 1.82) is 0 Å². The average Bonchev–Trinajstić information content (AvgIpc) is 2.89. The second-order valence-electron chi connectivity index (χ2n) is 4.69. The molecule has 2 aromatic heterocycles. The predicted octanol–water partition coefficient (Wildman–Crippen LogP) is 2.98. The molecule has 0 amide bonds. The van der Waals surface area contributed by atoms with Gasteiger partial charge in [0.05, 0.1) is 17.9 Å². The number of thiophene rings is 1. The summed E-state index contributed by atoms with van der Waals surface area (Å²) in [5.41, 5.74) is 1.68. The number of aryl methyl sites for hydroxylation is 2. The van der Waals surface area contributed by atoms with Gasteiger partial charge in [0.2, 0.25) is 0 Å². The van der Waals surface area contributed by atoms with E-state index in [9.17, 15) is 4.79 Å². The highest BCUT2D eigenvalue weighted by molar-refractivity contribution is 7.10. The lowest BCUT2D eigenvalue weighted by Gasteiger charge is -2.24. The molecule has 0 aliphatic heterocycles. The molecule has 19 heavy (non-hydrogen) atoms. The number of hydrogen-bond acceptors (Lipinski definition) is 4. The van der Waals surface area contributed by atoms with Crippen LogP contribution in [0, 0.1) is 0 Å². The van der Waals surface area contributed by atoms with Gasteiger partial charge in [-0.05, 0) is 36.3 Å².